The Balaban J connectivity index is 2.49. The third kappa shape index (κ3) is 5.19. The summed E-state index contributed by atoms with van der Waals surface area (Å²) in [5.74, 6) is -0.792. The molecule has 6 nitrogen and oxygen atoms in total. The number of hydrogen-bond acceptors (Lipinski definition) is 3. The first-order valence-corrected chi connectivity index (χ1v) is 7.89. The van der Waals surface area contributed by atoms with E-state index in [-0.39, 0.29) is 12.6 Å². The van der Waals surface area contributed by atoms with Gasteiger partial charge in [-0.2, -0.15) is 0 Å². The van der Waals surface area contributed by atoms with Crippen molar-refractivity contribution in [3.63, 3.8) is 0 Å². The average molecular weight is 300 g/mol. The number of nitrogens with zero attached hydrogens (tertiary/aromatic N) is 1. The second-order valence-corrected chi connectivity index (χ2v) is 5.58. The number of urea groups is 1. The van der Waals surface area contributed by atoms with Crippen LogP contribution < -0.4 is 5.32 Å². The lowest BCUT2D eigenvalue weighted by Gasteiger charge is -2.34. The predicted molar refractivity (Wildman–Crippen MR) is 80.3 cm³/mol. The van der Waals surface area contributed by atoms with E-state index in [9.17, 15) is 14.7 Å². The van der Waals surface area contributed by atoms with Crippen molar-refractivity contribution in [2.75, 3.05) is 32.8 Å². The van der Waals surface area contributed by atoms with Gasteiger partial charge in [-0.05, 0) is 26.7 Å². The van der Waals surface area contributed by atoms with Gasteiger partial charge in [-0.15, -0.1) is 0 Å². The molecule has 0 bridgehead atoms. The molecule has 122 valence electrons. The molecule has 1 saturated carbocycles. The number of carbonyl (C=O) groups excluding carboxylic acids is 1. The summed E-state index contributed by atoms with van der Waals surface area (Å²) in [7, 11) is 0. The monoisotopic (exact) mass is 300 g/mol. The minimum atomic E-state index is -0.792. The number of carboxylic acid groups (broad SMARTS) is 1. The van der Waals surface area contributed by atoms with Gasteiger partial charge in [0.05, 0.1) is 12.0 Å². The van der Waals surface area contributed by atoms with Crippen LogP contribution in [0, 0.1) is 5.41 Å². The smallest absolute Gasteiger partial charge is 0.317 e. The van der Waals surface area contributed by atoms with Gasteiger partial charge in [0.25, 0.3) is 0 Å². The molecule has 0 aliphatic heterocycles. The summed E-state index contributed by atoms with van der Waals surface area (Å²) < 4.78 is 5.25. The van der Waals surface area contributed by atoms with Gasteiger partial charge in [0, 0.05) is 26.2 Å². The zero-order chi connectivity index (χ0) is 15.7. The Kier molecular flexibility index (Phi) is 7.50. The third-order valence-electron chi connectivity index (χ3n) is 4.22. The fraction of sp³-hybridized carbons (Fsp3) is 0.867. The van der Waals surface area contributed by atoms with Gasteiger partial charge < -0.3 is 20.1 Å². The van der Waals surface area contributed by atoms with Crippen molar-refractivity contribution < 1.29 is 19.4 Å². The summed E-state index contributed by atoms with van der Waals surface area (Å²) in [5.41, 5.74) is -0.784. The van der Waals surface area contributed by atoms with Crippen LogP contribution in [0.4, 0.5) is 4.79 Å². The number of ether oxygens (including phenoxy) is 1. The van der Waals surface area contributed by atoms with Crippen molar-refractivity contribution in [3.8, 4) is 0 Å². The molecule has 1 aliphatic rings. The maximum absolute atomic E-state index is 12.1. The SMILES string of the molecule is CCOCCN(CC)C(=O)NCC1(C(=O)O)CCCCC1. The molecule has 1 rings (SSSR count). The van der Waals surface area contributed by atoms with E-state index in [1.165, 1.54) is 0 Å². The fourth-order valence-corrected chi connectivity index (χ4v) is 2.77. The molecule has 0 unspecified atom stereocenters. The van der Waals surface area contributed by atoms with Crippen molar-refractivity contribution in [2.24, 2.45) is 5.41 Å². The summed E-state index contributed by atoms with van der Waals surface area (Å²) in [5, 5.41) is 12.3. The van der Waals surface area contributed by atoms with Gasteiger partial charge in [-0.3, -0.25) is 4.79 Å². The van der Waals surface area contributed by atoms with E-state index in [2.05, 4.69) is 5.32 Å². The minimum absolute atomic E-state index is 0.205. The summed E-state index contributed by atoms with van der Waals surface area (Å²) in [6.45, 7) is 6.26. The molecule has 21 heavy (non-hydrogen) atoms. The van der Waals surface area contributed by atoms with Crippen molar-refractivity contribution in [3.05, 3.63) is 0 Å². The highest BCUT2D eigenvalue weighted by Crippen LogP contribution is 2.36. The quantitative estimate of drug-likeness (QED) is 0.673. The summed E-state index contributed by atoms with van der Waals surface area (Å²) in [4.78, 5) is 25.3. The molecule has 0 atom stereocenters. The van der Waals surface area contributed by atoms with Crippen molar-refractivity contribution in [2.45, 2.75) is 46.0 Å². The lowest BCUT2D eigenvalue weighted by atomic mass is 9.74. The molecule has 0 spiro atoms. The Bertz CT molecular complexity index is 341. The summed E-state index contributed by atoms with van der Waals surface area (Å²) >= 11 is 0. The lowest BCUT2D eigenvalue weighted by Crippen LogP contribution is -2.49. The Labute approximate surface area is 126 Å². The Morgan fingerprint density at radius 1 is 1.24 bits per heavy atom. The zero-order valence-corrected chi connectivity index (χ0v) is 13.2. The highest BCUT2D eigenvalue weighted by molar-refractivity contribution is 5.78. The van der Waals surface area contributed by atoms with Crippen LogP contribution in [0.3, 0.4) is 0 Å². The average Bonchev–Trinajstić information content (AvgIpc) is 2.50. The number of aliphatic carboxylic acids is 1. The van der Waals surface area contributed by atoms with E-state index >= 15 is 0 Å². The topological polar surface area (TPSA) is 78.9 Å². The van der Waals surface area contributed by atoms with Gasteiger partial charge >= 0.3 is 12.0 Å². The van der Waals surface area contributed by atoms with Crippen molar-refractivity contribution >= 4 is 12.0 Å². The first-order chi connectivity index (χ1) is 10.1. The maximum atomic E-state index is 12.1. The standard InChI is InChI=1S/C15H28N2O4/c1-3-17(10-11-21-4-2)14(20)16-12-15(13(18)19)8-6-5-7-9-15/h3-12H2,1-2H3,(H,16,20)(H,18,19). The normalized spacial score (nSPS) is 17.2. The number of nitrogens with one attached hydrogen (secondary N) is 1. The fourth-order valence-electron chi connectivity index (χ4n) is 2.77. The van der Waals surface area contributed by atoms with Gasteiger partial charge in [0.15, 0.2) is 0 Å². The Morgan fingerprint density at radius 2 is 1.90 bits per heavy atom. The van der Waals surface area contributed by atoms with Crippen LogP contribution in [0.15, 0.2) is 0 Å². The van der Waals surface area contributed by atoms with Crippen molar-refractivity contribution in [1.82, 2.24) is 10.2 Å². The van der Waals surface area contributed by atoms with Gasteiger partial charge in [0.2, 0.25) is 0 Å². The highest BCUT2D eigenvalue weighted by Gasteiger charge is 2.40. The van der Waals surface area contributed by atoms with Crippen LogP contribution >= 0.6 is 0 Å². The van der Waals surface area contributed by atoms with Gasteiger partial charge in [-0.25, -0.2) is 4.79 Å². The van der Waals surface area contributed by atoms with Crippen LogP contribution in [-0.4, -0.2) is 54.9 Å². The molecule has 0 aromatic heterocycles. The van der Waals surface area contributed by atoms with E-state index in [4.69, 9.17) is 4.74 Å². The highest BCUT2D eigenvalue weighted by atomic mass is 16.5. The molecule has 2 N–H and O–H groups in total. The second-order valence-electron chi connectivity index (χ2n) is 5.58. The lowest BCUT2D eigenvalue weighted by molar-refractivity contribution is -0.150. The predicted octanol–water partition coefficient (Wildman–Crippen LogP) is 2.09. The number of likely N-dealkylation sites (N-methyl/N-ethyl adjacent to an activating group) is 1. The number of rotatable bonds is 8. The van der Waals surface area contributed by atoms with Crippen LogP contribution in [0.25, 0.3) is 0 Å². The van der Waals surface area contributed by atoms with Crippen LogP contribution in [-0.2, 0) is 9.53 Å². The van der Waals surface area contributed by atoms with Gasteiger partial charge in [-0.1, -0.05) is 19.3 Å². The molecular formula is C15H28N2O4. The number of amides is 2. The number of hydrogen-bond donors (Lipinski definition) is 2. The van der Waals surface area contributed by atoms with E-state index in [1.807, 2.05) is 13.8 Å². The molecule has 1 aliphatic carbocycles. The second kappa shape index (κ2) is 8.87. The molecule has 0 heterocycles. The first-order valence-electron chi connectivity index (χ1n) is 7.89. The molecule has 6 heteroatoms. The molecule has 2 amide bonds. The van der Waals surface area contributed by atoms with E-state index in [0.717, 1.165) is 19.3 Å². The van der Waals surface area contributed by atoms with Crippen LogP contribution in [0.2, 0.25) is 0 Å². The van der Waals surface area contributed by atoms with Crippen molar-refractivity contribution in [1.29, 1.82) is 0 Å². The summed E-state index contributed by atoms with van der Waals surface area (Å²) in [6, 6.07) is -0.205. The maximum Gasteiger partial charge on any atom is 0.317 e. The molecule has 0 aromatic rings. The largest absolute Gasteiger partial charge is 0.481 e. The van der Waals surface area contributed by atoms with E-state index in [0.29, 0.717) is 39.1 Å². The van der Waals surface area contributed by atoms with Gasteiger partial charge in [0.1, 0.15) is 0 Å². The number of carboxylic acids is 1. The molecule has 0 aromatic carbocycles. The molecular weight excluding hydrogens is 272 g/mol. The Hall–Kier alpha value is -1.30. The van der Waals surface area contributed by atoms with E-state index < -0.39 is 11.4 Å². The molecule has 1 fully saturated rings. The first kappa shape index (κ1) is 17.8. The molecule has 0 radical (unpaired) electrons. The molecule has 0 saturated heterocycles. The third-order valence-corrected chi connectivity index (χ3v) is 4.22. The van der Waals surface area contributed by atoms with Crippen LogP contribution in [0.5, 0.6) is 0 Å². The minimum Gasteiger partial charge on any atom is -0.481 e. The zero-order valence-electron chi connectivity index (χ0n) is 13.2. The van der Waals surface area contributed by atoms with E-state index in [1.54, 1.807) is 4.90 Å². The van der Waals surface area contributed by atoms with Crippen LogP contribution in [0.1, 0.15) is 46.0 Å². The Morgan fingerprint density at radius 3 is 2.43 bits per heavy atom. The summed E-state index contributed by atoms with van der Waals surface area (Å²) in [6.07, 6.45) is 4.22. The number of carbonyl (C=O) groups is 2.